The van der Waals surface area contributed by atoms with Gasteiger partial charge in [-0.3, -0.25) is 0 Å². The van der Waals surface area contributed by atoms with Crippen molar-refractivity contribution in [1.29, 1.82) is 0 Å². The Bertz CT molecular complexity index is 97.1. The molecule has 10 heavy (non-hydrogen) atoms. The summed E-state index contributed by atoms with van der Waals surface area (Å²) >= 11 is 0. The summed E-state index contributed by atoms with van der Waals surface area (Å²) in [5, 5.41) is 7.39. The molecule has 1 nitrogen and oxygen atoms in total. The van der Waals surface area contributed by atoms with Gasteiger partial charge in [-0.15, -0.1) is 0 Å². The number of hydrogen-bond donors (Lipinski definition) is 1. The van der Waals surface area contributed by atoms with Crippen LogP contribution in [0.25, 0.3) is 0 Å². The van der Waals surface area contributed by atoms with E-state index >= 15 is 0 Å². The number of alkyl halides is 6. The van der Waals surface area contributed by atoms with E-state index in [0.29, 0.717) is 0 Å². The lowest BCUT2D eigenvalue weighted by molar-refractivity contribution is -0.251. The van der Waals surface area contributed by atoms with Crippen LogP contribution < -0.4 is 0 Å². The van der Waals surface area contributed by atoms with Crippen LogP contribution in [0, 0.1) is 6.10 Å². The number of hydrogen-bond acceptors (Lipinski definition) is 1. The lowest BCUT2D eigenvalue weighted by Crippen LogP contribution is -2.33. The van der Waals surface area contributed by atoms with E-state index in [2.05, 4.69) is 0 Å². The zero-order chi connectivity index (χ0) is 8.58. The molecule has 1 radical (unpaired) electrons. The summed E-state index contributed by atoms with van der Waals surface area (Å²) in [4.78, 5) is 0. The summed E-state index contributed by atoms with van der Waals surface area (Å²) in [7, 11) is 0. The molecule has 0 bridgehead atoms. The lowest BCUT2D eigenvalue weighted by Gasteiger charge is -2.14. The SMILES string of the molecule is O[C](C(F)(F)F)C(F)(F)F. The molecule has 0 amide bonds. The predicted molar refractivity (Wildman–Crippen MR) is 17.3 cm³/mol. The maximum Gasteiger partial charge on any atom is 0.430 e. The fraction of sp³-hybridized carbons (Fsp3) is 0.667. The first-order valence-corrected chi connectivity index (χ1v) is 1.86. The summed E-state index contributed by atoms with van der Waals surface area (Å²) in [6, 6.07) is 0. The van der Waals surface area contributed by atoms with Crippen LogP contribution >= 0.6 is 0 Å². The minimum Gasteiger partial charge on any atom is -0.371 e. The third-order valence-electron chi connectivity index (χ3n) is 0.537. The summed E-state index contributed by atoms with van der Waals surface area (Å²) < 4.78 is 65.6. The number of halogens is 6. The Hall–Kier alpha value is -0.460. The molecule has 0 atom stereocenters. The molecule has 0 aromatic rings. The van der Waals surface area contributed by atoms with Gasteiger partial charge in [-0.05, 0) is 0 Å². The van der Waals surface area contributed by atoms with Crippen LogP contribution in [0.2, 0.25) is 0 Å². The molecule has 0 unspecified atom stereocenters. The molecule has 0 aromatic carbocycles. The predicted octanol–water partition coefficient (Wildman–Crippen LogP) is 2.02. The second-order valence-corrected chi connectivity index (χ2v) is 1.34. The third-order valence-corrected chi connectivity index (χ3v) is 0.537. The average Bonchev–Trinajstić information content (AvgIpc) is 1.59. The summed E-state index contributed by atoms with van der Waals surface area (Å²) in [5.41, 5.74) is 0. The van der Waals surface area contributed by atoms with Crippen molar-refractivity contribution in [3.63, 3.8) is 0 Å². The summed E-state index contributed by atoms with van der Waals surface area (Å²) in [6.07, 6.45) is -14.9. The maximum atomic E-state index is 10.9. The minimum atomic E-state index is -5.71. The van der Waals surface area contributed by atoms with Gasteiger partial charge in [0.05, 0.1) is 0 Å². The lowest BCUT2D eigenvalue weighted by atomic mass is 10.3. The van der Waals surface area contributed by atoms with Crippen LogP contribution in [0.5, 0.6) is 0 Å². The molecule has 0 saturated heterocycles. The highest BCUT2D eigenvalue weighted by molar-refractivity contribution is 4.92. The molecular weight excluding hydrogens is 166 g/mol. The molecule has 0 fully saturated rings. The van der Waals surface area contributed by atoms with Crippen molar-refractivity contribution in [1.82, 2.24) is 0 Å². The fourth-order valence-corrected chi connectivity index (χ4v) is 0.161. The Labute approximate surface area is 51.3 Å². The van der Waals surface area contributed by atoms with E-state index in [9.17, 15) is 26.3 Å². The molecule has 0 aliphatic rings. The minimum absolute atomic E-state index is 3.43. The Balaban J connectivity index is 4.23. The van der Waals surface area contributed by atoms with Gasteiger partial charge in [0.25, 0.3) is 0 Å². The van der Waals surface area contributed by atoms with Crippen LogP contribution in [-0.2, 0) is 0 Å². The molecule has 1 N–H and O–H groups in total. The molecule has 0 saturated carbocycles. The van der Waals surface area contributed by atoms with E-state index in [4.69, 9.17) is 5.11 Å². The van der Waals surface area contributed by atoms with Crippen LogP contribution in [0.1, 0.15) is 0 Å². The highest BCUT2D eigenvalue weighted by Gasteiger charge is 2.57. The molecule has 0 aliphatic carbocycles. The monoisotopic (exact) mass is 167 g/mol. The van der Waals surface area contributed by atoms with Gasteiger partial charge in [0.15, 0.2) is 0 Å². The second-order valence-electron chi connectivity index (χ2n) is 1.34. The Morgan fingerprint density at radius 1 is 0.800 bits per heavy atom. The molecular formula is C3HF6O. The zero-order valence-corrected chi connectivity index (χ0v) is 4.22. The van der Waals surface area contributed by atoms with Crippen molar-refractivity contribution in [2.75, 3.05) is 0 Å². The van der Waals surface area contributed by atoms with Crippen molar-refractivity contribution in [3.8, 4) is 0 Å². The first-order chi connectivity index (χ1) is 4.15. The molecule has 0 rings (SSSR count). The van der Waals surface area contributed by atoms with E-state index in [1.807, 2.05) is 0 Å². The number of aliphatic hydroxyl groups excluding tert-OH is 1. The Kier molecular flexibility index (Phi) is 2.19. The second kappa shape index (κ2) is 2.30. The summed E-state index contributed by atoms with van der Waals surface area (Å²) in [5.74, 6) is 0. The fourth-order valence-electron chi connectivity index (χ4n) is 0.161. The molecule has 0 spiro atoms. The van der Waals surface area contributed by atoms with Gasteiger partial charge in [-0.1, -0.05) is 0 Å². The number of rotatable bonds is 0. The quantitative estimate of drug-likeness (QED) is 0.547. The van der Waals surface area contributed by atoms with E-state index in [-0.39, 0.29) is 0 Å². The van der Waals surface area contributed by atoms with Crippen molar-refractivity contribution in [3.05, 3.63) is 6.10 Å². The zero-order valence-electron chi connectivity index (χ0n) is 4.22. The van der Waals surface area contributed by atoms with E-state index in [0.717, 1.165) is 0 Å². The van der Waals surface area contributed by atoms with Crippen molar-refractivity contribution in [2.45, 2.75) is 12.4 Å². The topological polar surface area (TPSA) is 20.2 Å². The van der Waals surface area contributed by atoms with Gasteiger partial charge in [0.1, 0.15) is 0 Å². The van der Waals surface area contributed by atoms with Crippen molar-refractivity contribution in [2.24, 2.45) is 0 Å². The molecule has 0 aromatic heterocycles. The van der Waals surface area contributed by atoms with Crippen molar-refractivity contribution >= 4 is 0 Å². The van der Waals surface area contributed by atoms with Gasteiger partial charge in [-0.2, -0.15) is 26.3 Å². The number of aliphatic hydroxyl groups is 1. The average molecular weight is 167 g/mol. The van der Waals surface area contributed by atoms with Gasteiger partial charge in [-0.25, -0.2) is 0 Å². The Morgan fingerprint density at radius 2 is 1.00 bits per heavy atom. The maximum absolute atomic E-state index is 10.9. The van der Waals surface area contributed by atoms with Crippen LogP contribution in [0.3, 0.4) is 0 Å². The van der Waals surface area contributed by atoms with Gasteiger partial charge >= 0.3 is 18.5 Å². The summed E-state index contributed by atoms with van der Waals surface area (Å²) in [6.45, 7) is 0. The highest BCUT2D eigenvalue weighted by Crippen LogP contribution is 2.38. The normalized spacial score (nSPS) is 14.4. The Morgan fingerprint density at radius 3 is 1.00 bits per heavy atom. The van der Waals surface area contributed by atoms with E-state index < -0.39 is 18.5 Å². The van der Waals surface area contributed by atoms with Crippen LogP contribution in [0.4, 0.5) is 26.3 Å². The largest absolute Gasteiger partial charge is 0.430 e. The first kappa shape index (κ1) is 9.54. The van der Waals surface area contributed by atoms with Crippen LogP contribution in [0.15, 0.2) is 0 Å². The molecule has 61 valence electrons. The van der Waals surface area contributed by atoms with Gasteiger partial charge in [0, 0.05) is 0 Å². The van der Waals surface area contributed by atoms with Crippen molar-refractivity contribution < 1.29 is 31.4 Å². The van der Waals surface area contributed by atoms with Gasteiger partial charge < -0.3 is 5.11 Å². The molecule has 0 aliphatic heterocycles. The molecule has 7 heteroatoms. The standard InChI is InChI=1S/C3HF6O/c4-2(5,6)1(10)3(7,8)9/h10H. The van der Waals surface area contributed by atoms with E-state index in [1.54, 1.807) is 0 Å². The molecule has 0 heterocycles. The van der Waals surface area contributed by atoms with E-state index in [1.165, 1.54) is 0 Å². The first-order valence-electron chi connectivity index (χ1n) is 1.86. The van der Waals surface area contributed by atoms with Crippen LogP contribution in [-0.4, -0.2) is 17.5 Å². The third kappa shape index (κ3) is 2.42. The highest BCUT2D eigenvalue weighted by atomic mass is 19.4. The smallest absolute Gasteiger partial charge is 0.371 e. The van der Waals surface area contributed by atoms with Gasteiger partial charge in [0.2, 0.25) is 0 Å².